The molecule has 28 heavy (non-hydrogen) atoms. The minimum Gasteiger partial charge on any atom is -0.491 e. The molecule has 0 aliphatic rings. The molecule has 0 aliphatic heterocycles. The number of hydrogen-bond donors (Lipinski definition) is 1. The number of fused-ring (bicyclic) bond motifs is 1. The average Bonchev–Trinajstić information content (AvgIpc) is 3.06. The zero-order valence-electron chi connectivity index (χ0n) is 16.8. The maximum atomic E-state index is 12.4. The third-order valence-corrected chi connectivity index (χ3v) is 4.79. The van der Waals surface area contributed by atoms with E-state index in [4.69, 9.17) is 4.74 Å². The number of ether oxygens (including phenoxy) is 1. The molecule has 8 nitrogen and oxygen atoms in total. The molecule has 0 saturated heterocycles. The zero-order chi connectivity index (χ0) is 20.6. The minimum atomic E-state index is -0.846. The largest absolute Gasteiger partial charge is 0.491 e. The van der Waals surface area contributed by atoms with E-state index in [1.165, 1.54) is 23.5 Å². The predicted molar refractivity (Wildman–Crippen MR) is 107 cm³/mol. The van der Waals surface area contributed by atoms with E-state index in [1.807, 2.05) is 24.3 Å². The van der Waals surface area contributed by atoms with Gasteiger partial charge in [0, 0.05) is 14.1 Å². The molecule has 150 valence electrons. The second kappa shape index (κ2) is 7.27. The van der Waals surface area contributed by atoms with Crippen molar-refractivity contribution in [2.24, 2.45) is 14.1 Å². The molecule has 1 atom stereocenters. The van der Waals surface area contributed by atoms with Gasteiger partial charge in [-0.2, -0.15) is 0 Å². The van der Waals surface area contributed by atoms with Gasteiger partial charge in [-0.1, -0.05) is 32.9 Å². The Morgan fingerprint density at radius 1 is 1.11 bits per heavy atom. The summed E-state index contributed by atoms with van der Waals surface area (Å²) in [5.74, 6) is 0.667. The number of benzene rings is 1. The van der Waals surface area contributed by atoms with Crippen LogP contribution in [0.2, 0.25) is 0 Å². The lowest BCUT2D eigenvalue weighted by Gasteiger charge is -2.19. The van der Waals surface area contributed by atoms with Crippen LogP contribution in [0.15, 0.2) is 40.2 Å². The highest BCUT2D eigenvalue weighted by Crippen LogP contribution is 2.24. The van der Waals surface area contributed by atoms with Gasteiger partial charge in [0.1, 0.15) is 18.5 Å². The molecule has 0 radical (unpaired) electrons. The fourth-order valence-electron chi connectivity index (χ4n) is 3.06. The number of aliphatic hydroxyl groups is 1. The smallest absolute Gasteiger partial charge is 0.332 e. The Bertz CT molecular complexity index is 1100. The van der Waals surface area contributed by atoms with Crippen molar-refractivity contribution in [1.82, 2.24) is 18.7 Å². The zero-order valence-corrected chi connectivity index (χ0v) is 16.8. The number of rotatable bonds is 5. The van der Waals surface area contributed by atoms with Gasteiger partial charge < -0.3 is 14.4 Å². The Hall–Kier alpha value is -2.87. The van der Waals surface area contributed by atoms with Crippen LogP contribution in [0, 0.1) is 0 Å². The van der Waals surface area contributed by atoms with Crippen LogP contribution in [-0.2, 0) is 26.1 Å². The molecule has 2 heterocycles. The minimum absolute atomic E-state index is 0.0623. The molecule has 8 heteroatoms. The maximum absolute atomic E-state index is 12.4. The number of aliphatic hydroxyl groups excluding tert-OH is 1. The first kappa shape index (κ1) is 19.9. The van der Waals surface area contributed by atoms with Crippen LogP contribution in [0.4, 0.5) is 0 Å². The van der Waals surface area contributed by atoms with E-state index in [0.29, 0.717) is 11.4 Å². The number of aromatic nitrogens is 4. The Morgan fingerprint density at radius 2 is 1.75 bits per heavy atom. The van der Waals surface area contributed by atoms with Crippen molar-refractivity contribution in [1.29, 1.82) is 0 Å². The first-order chi connectivity index (χ1) is 13.1. The van der Waals surface area contributed by atoms with Gasteiger partial charge in [0.2, 0.25) is 0 Å². The van der Waals surface area contributed by atoms with Crippen molar-refractivity contribution >= 4 is 11.2 Å². The number of imidazole rings is 1. The molecule has 0 aliphatic carbocycles. The molecule has 1 aromatic carbocycles. The second-order valence-corrected chi connectivity index (χ2v) is 8.01. The van der Waals surface area contributed by atoms with Crippen molar-refractivity contribution < 1.29 is 9.84 Å². The second-order valence-electron chi connectivity index (χ2n) is 8.01. The maximum Gasteiger partial charge on any atom is 0.332 e. The third-order valence-electron chi connectivity index (χ3n) is 4.79. The Kier molecular flexibility index (Phi) is 5.16. The van der Waals surface area contributed by atoms with E-state index in [9.17, 15) is 14.7 Å². The fraction of sp³-hybridized carbons (Fsp3) is 0.450. The lowest BCUT2D eigenvalue weighted by atomic mass is 9.87. The van der Waals surface area contributed by atoms with E-state index < -0.39 is 17.4 Å². The molecule has 0 saturated carbocycles. The lowest BCUT2D eigenvalue weighted by Crippen LogP contribution is -2.38. The van der Waals surface area contributed by atoms with Gasteiger partial charge in [-0.15, -0.1) is 0 Å². The van der Waals surface area contributed by atoms with Crippen molar-refractivity contribution in [3.05, 3.63) is 57.0 Å². The van der Waals surface area contributed by atoms with Gasteiger partial charge in [0.25, 0.3) is 5.56 Å². The van der Waals surface area contributed by atoms with Gasteiger partial charge >= 0.3 is 5.69 Å². The fourth-order valence-corrected chi connectivity index (χ4v) is 3.06. The SMILES string of the molecule is Cn1c(=O)c2c(ncn2CC(O)COc2ccc(C(C)(C)C)cc2)n(C)c1=O. The summed E-state index contributed by atoms with van der Waals surface area (Å²) < 4.78 is 9.56. The number of aryl methyl sites for hydroxylation is 1. The van der Waals surface area contributed by atoms with Crippen LogP contribution < -0.4 is 16.0 Å². The first-order valence-electron chi connectivity index (χ1n) is 9.12. The van der Waals surface area contributed by atoms with Crippen molar-refractivity contribution in [2.45, 2.75) is 38.8 Å². The van der Waals surface area contributed by atoms with Crippen LogP contribution >= 0.6 is 0 Å². The van der Waals surface area contributed by atoms with Crippen LogP contribution in [0.1, 0.15) is 26.3 Å². The summed E-state index contributed by atoms with van der Waals surface area (Å²) >= 11 is 0. The molecule has 0 amide bonds. The number of nitrogens with zero attached hydrogens (tertiary/aromatic N) is 4. The predicted octanol–water partition coefficient (Wildman–Crippen LogP) is 1.17. The molecule has 1 N–H and O–H groups in total. The summed E-state index contributed by atoms with van der Waals surface area (Å²) in [5.41, 5.74) is 0.947. The van der Waals surface area contributed by atoms with E-state index in [-0.39, 0.29) is 24.1 Å². The van der Waals surface area contributed by atoms with Crippen LogP contribution in [0.3, 0.4) is 0 Å². The molecule has 0 fully saturated rings. The quantitative estimate of drug-likeness (QED) is 0.711. The van der Waals surface area contributed by atoms with Crippen LogP contribution in [0.25, 0.3) is 11.2 Å². The van der Waals surface area contributed by atoms with Crippen molar-refractivity contribution in [3.63, 3.8) is 0 Å². The Balaban J connectivity index is 1.73. The molecule has 1 unspecified atom stereocenters. The summed E-state index contributed by atoms with van der Waals surface area (Å²) in [6, 6.07) is 7.78. The first-order valence-corrected chi connectivity index (χ1v) is 9.12. The molecule has 3 aromatic rings. The van der Waals surface area contributed by atoms with E-state index >= 15 is 0 Å². The highest BCUT2D eigenvalue weighted by Gasteiger charge is 2.17. The van der Waals surface area contributed by atoms with Gasteiger partial charge in [-0.25, -0.2) is 9.78 Å². The number of hydrogen-bond acceptors (Lipinski definition) is 5. The van der Waals surface area contributed by atoms with E-state index in [0.717, 1.165) is 4.57 Å². The highest BCUT2D eigenvalue weighted by molar-refractivity contribution is 5.69. The van der Waals surface area contributed by atoms with Crippen LogP contribution in [0.5, 0.6) is 5.75 Å². The molecular weight excluding hydrogens is 360 g/mol. The molecule has 0 spiro atoms. The highest BCUT2D eigenvalue weighted by atomic mass is 16.5. The van der Waals surface area contributed by atoms with Crippen LogP contribution in [-0.4, -0.2) is 36.5 Å². The topological polar surface area (TPSA) is 91.3 Å². The van der Waals surface area contributed by atoms with Gasteiger partial charge in [-0.05, 0) is 23.1 Å². The van der Waals surface area contributed by atoms with Crippen molar-refractivity contribution in [3.8, 4) is 5.75 Å². The Labute approximate surface area is 162 Å². The average molecular weight is 386 g/mol. The van der Waals surface area contributed by atoms with E-state index in [1.54, 1.807) is 11.6 Å². The monoisotopic (exact) mass is 386 g/mol. The summed E-state index contributed by atoms with van der Waals surface area (Å²) in [4.78, 5) is 28.6. The van der Waals surface area contributed by atoms with E-state index in [2.05, 4.69) is 25.8 Å². The molecular formula is C20H26N4O4. The van der Waals surface area contributed by atoms with Gasteiger partial charge in [-0.3, -0.25) is 13.9 Å². The van der Waals surface area contributed by atoms with Gasteiger partial charge in [0.05, 0.1) is 12.9 Å². The summed E-state index contributed by atoms with van der Waals surface area (Å²) in [5, 5.41) is 10.4. The summed E-state index contributed by atoms with van der Waals surface area (Å²) in [6.07, 6.45) is 0.606. The standard InChI is InChI=1S/C20H26N4O4/c1-20(2,3)13-6-8-15(9-7-13)28-11-14(25)10-24-12-21-17-16(24)18(26)23(5)19(27)22(17)4/h6-9,12,14,25H,10-11H2,1-5H3. The third kappa shape index (κ3) is 3.73. The molecule has 2 aromatic heterocycles. The molecule has 3 rings (SSSR count). The molecule has 0 bridgehead atoms. The summed E-state index contributed by atoms with van der Waals surface area (Å²) in [7, 11) is 2.98. The van der Waals surface area contributed by atoms with Crippen molar-refractivity contribution in [2.75, 3.05) is 6.61 Å². The summed E-state index contributed by atoms with van der Waals surface area (Å²) in [6.45, 7) is 6.62. The Morgan fingerprint density at radius 3 is 2.36 bits per heavy atom. The van der Waals surface area contributed by atoms with Gasteiger partial charge in [0.15, 0.2) is 11.2 Å². The lowest BCUT2D eigenvalue weighted by molar-refractivity contribution is 0.0933. The normalized spacial score (nSPS) is 13.1.